The summed E-state index contributed by atoms with van der Waals surface area (Å²) in [5, 5.41) is 8.67. The van der Waals surface area contributed by atoms with Crippen LogP contribution < -0.4 is 4.90 Å². The van der Waals surface area contributed by atoms with Crippen molar-refractivity contribution in [3.8, 4) is 5.82 Å². The molecule has 3 aromatic rings. The molecule has 1 saturated heterocycles. The predicted molar refractivity (Wildman–Crippen MR) is 114 cm³/mol. The van der Waals surface area contributed by atoms with Crippen molar-refractivity contribution < 1.29 is 9.32 Å². The highest BCUT2D eigenvalue weighted by Crippen LogP contribution is 2.27. The van der Waals surface area contributed by atoms with E-state index in [1.807, 2.05) is 48.6 Å². The van der Waals surface area contributed by atoms with Crippen molar-refractivity contribution in [3.63, 3.8) is 0 Å². The Bertz CT molecular complexity index is 1010. The van der Waals surface area contributed by atoms with E-state index in [-0.39, 0.29) is 5.91 Å². The van der Waals surface area contributed by atoms with Crippen molar-refractivity contribution in [2.45, 2.75) is 40.5 Å². The van der Waals surface area contributed by atoms with Crippen molar-refractivity contribution in [3.05, 3.63) is 52.8 Å². The molecule has 158 valence electrons. The number of piperazine rings is 1. The summed E-state index contributed by atoms with van der Waals surface area (Å²) in [7, 11) is 0. The molecular formula is C22H28N6O2. The first-order valence-electron chi connectivity index (χ1n) is 10.4. The zero-order valence-electron chi connectivity index (χ0n) is 18.1. The van der Waals surface area contributed by atoms with Gasteiger partial charge in [0.1, 0.15) is 5.76 Å². The Hall–Kier alpha value is -3.16. The van der Waals surface area contributed by atoms with E-state index in [0.29, 0.717) is 25.9 Å². The molecule has 1 fully saturated rings. The van der Waals surface area contributed by atoms with Crippen molar-refractivity contribution in [2.24, 2.45) is 0 Å². The topological polar surface area (TPSA) is 80.3 Å². The maximum absolute atomic E-state index is 12.7. The number of amides is 1. The standard InChI is InChI=1S/C22H28N6O2/c1-15-19(18(4)30-25-15)8-9-21(29)26-11-13-27(14-12-26)22-16(2)24-28(17(22)3)20-7-5-6-10-23-20/h5-7,10H,8-9,11-14H2,1-4H3. The van der Waals surface area contributed by atoms with Gasteiger partial charge in [0.25, 0.3) is 0 Å². The van der Waals surface area contributed by atoms with Gasteiger partial charge in [0.2, 0.25) is 5.91 Å². The molecule has 0 aliphatic carbocycles. The molecule has 1 aliphatic rings. The first kappa shape index (κ1) is 20.1. The number of carbonyl (C=O) groups excluding carboxylic acids is 1. The number of aromatic nitrogens is 4. The lowest BCUT2D eigenvalue weighted by Crippen LogP contribution is -2.49. The Labute approximate surface area is 176 Å². The van der Waals surface area contributed by atoms with E-state index < -0.39 is 0 Å². The number of nitrogens with zero attached hydrogens (tertiary/aromatic N) is 6. The summed E-state index contributed by atoms with van der Waals surface area (Å²) in [6, 6.07) is 5.82. The molecule has 8 nitrogen and oxygen atoms in total. The van der Waals surface area contributed by atoms with Crippen LogP contribution in [0.3, 0.4) is 0 Å². The molecular weight excluding hydrogens is 380 g/mol. The Kier molecular flexibility index (Phi) is 5.57. The molecule has 1 aliphatic heterocycles. The molecule has 3 aromatic heterocycles. The van der Waals surface area contributed by atoms with E-state index in [1.54, 1.807) is 6.20 Å². The molecule has 0 saturated carbocycles. The van der Waals surface area contributed by atoms with Gasteiger partial charge in [0.05, 0.1) is 22.8 Å². The number of pyridine rings is 1. The van der Waals surface area contributed by atoms with Crippen LogP contribution in [0.25, 0.3) is 5.82 Å². The SMILES string of the molecule is Cc1noc(C)c1CCC(=O)N1CCN(c2c(C)nn(-c3ccccn3)c2C)CC1. The second-order valence-electron chi connectivity index (χ2n) is 7.79. The number of rotatable bonds is 5. The lowest BCUT2D eigenvalue weighted by atomic mass is 10.1. The Morgan fingerprint density at radius 2 is 1.83 bits per heavy atom. The van der Waals surface area contributed by atoms with Gasteiger partial charge >= 0.3 is 0 Å². The van der Waals surface area contributed by atoms with Crippen LogP contribution in [0.15, 0.2) is 28.9 Å². The van der Waals surface area contributed by atoms with E-state index in [9.17, 15) is 4.79 Å². The normalized spacial score (nSPS) is 14.4. The van der Waals surface area contributed by atoms with E-state index >= 15 is 0 Å². The quantitative estimate of drug-likeness (QED) is 0.646. The van der Waals surface area contributed by atoms with Gasteiger partial charge in [-0.05, 0) is 46.2 Å². The third-order valence-electron chi connectivity index (χ3n) is 5.84. The predicted octanol–water partition coefficient (Wildman–Crippen LogP) is 2.77. The fraction of sp³-hybridized carbons (Fsp3) is 0.455. The van der Waals surface area contributed by atoms with E-state index in [0.717, 1.165) is 53.0 Å². The fourth-order valence-corrected chi connectivity index (χ4v) is 4.22. The third kappa shape index (κ3) is 3.81. The molecule has 0 bridgehead atoms. The summed E-state index contributed by atoms with van der Waals surface area (Å²) in [6.45, 7) is 11.0. The maximum Gasteiger partial charge on any atom is 0.223 e. The zero-order valence-corrected chi connectivity index (χ0v) is 18.1. The minimum absolute atomic E-state index is 0.187. The molecule has 0 N–H and O–H groups in total. The molecule has 8 heteroatoms. The summed E-state index contributed by atoms with van der Waals surface area (Å²) in [6.07, 6.45) is 2.94. The third-order valence-corrected chi connectivity index (χ3v) is 5.84. The van der Waals surface area contributed by atoms with Crippen LogP contribution in [-0.4, -0.2) is 56.9 Å². The average molecular weight is 409 g/mol. The van der Waals surface area contributed by atoms with Crippen molar-refractivity contribution in [1.29, 1.82) is 0 Å². The molecule has 0 aromatic carbocycles. The number of carbonyl (C=O) groups is 1. The number of hydrogen-bond acceptors (Lipinski definition) is 6. The van der Waals surface area contributed by atoms with Gasteiger partial charge < -0.3 is 14.3 Å². The summed E-state index contributed by atoms with van der Waals surface area (Å²) in [5.74, 6) is 1.81. The van der Waals surface area contributed by atoms with Crippen molar-refractivity contribution in [1.82, 2.24) is 24.8 Å². The largest absolute Gasteiger partial charge is 0.365 e. The molecule has 0 unspecified atom stereocenters. The molecule has 4 rings (SSSR count). The summed E-state index contributed by atoms with van der Waals surface area (Å²) in [4.78, 5) is 21.4. The van der Waals surface area contributed by atoms with Crippen LogP contribution >= 0.6 is 0 Å². The van der Waals surface area contributed by atoms with Crippen LogP contribution in [0.5, 0.6) is 0 Å². The van der Waals surface area contributed by atoms with E-state index in [2.05, 4.69) is 22.0 Å². The molecule has 4 heterocycles. The number of hydrogen-bond donors (Lipinski definition) is 0. The minimum atomic E-state index is 0.187. The fourth-order valence-electron chi connectivity index (χ4n) is 4.22. The molecule has 0 radical (unpaired) electrons. The van der Waals surface area contributed by atoms with Gasteiger partial charge in [-0.15, -0.1) is 0 Å². The monoisotopic (exact) mass is 408 g/mol. The molecule has 30 heavy (non-hydrogen) atoms. The van der Waals surface area contributed by atoms with Gasteiger partial charge in [0, 0.05) is 44.4 Å². The van der Waals surface area contributed by atoms with Gasteiger partial charge in [-0.3, -0.25) is 4.79 Å². The van der Waals surface area contributed by atoms with Crippen LogP contribution in [-0.2, 0) is 11.2 Å². The van der Waals surface area contributed by atoms with Gasteiger partial charge in [-0.1, -0.05) is 11.2 Å². The van der Waals surface area contributed by atoms with Crippen molar-refractivity contribution >= 4 is 11.6 Å². The molecule has 0 spiro atoms. The zero-order chi connectivity index (χ0) is 21.3. The summed E-state index contributed by atoms with van der Waals surface area (Å²) < 4.78 is 7.09. The van der Waals surface area contributed by atoms with E-state index in [4.69, 9.17) is 9.62 Å². The lowest BCUT2D eigenvalue weighted by Gasteiger charge is -2.36. The van der Waals surface area contributed by atoms with Gasteiger partial charge in [-0.2, -0.15) is 5.10 Å². The summed E-state index contributed by atoms with van der Waals surface area (Å²) >= 11 is 0. The number of anilines is 1. The summed E-state index contributed by atoms with van der Waals surface area (Å²) in [5.41, 5.74) is 5.13. The molecule has 1 amide bonds. The van der Waals surface area contributed by atoms with E-state index in [1.165, 1.54) is 0 Å². The smallest absolute Gasteiger partial charge is 0.223 e. The van der Waals surface area contributed by atoms with Crippen LogP contribution in [0.4, 0.5) is 5.69 Å². The average Bonchev–Trinajstić information content (AvgIpc) is 3.24. The maximum atomic E-state index is 12.7. The first-order valence-corrected chi connectivity index (χ1v) is 10.4. The highest BCUT2D eigenvalue weighted by atomic mass is 16.5. The first-order chi connectivity index (χ1) is 14.5. The molecule has 0 atom stereocenters. The highest BCUT2D eigenvalue weighted by Gasteiger charge is 2.26. The lowest BCUT2D eigenvalue weighted by molar-refractivity contribution is -0.131. The Morgan fingerprint density at radius 3 is 2.47 bits per heavy atom. The Balaban J connectivity index is 1.39. The van der Waals surface area contributed by atoms with Gasteiger partial charge in [0.15, 0.2) is 5.82 Å². The van der Waals surface area contributed by atoms with Gasteiger partial charge in [-0.25, -0.2) is 9.67 Å². The highest BCUT2D eigenvalue weighted by molar-refractivity contribution is 5.77. The second-order valence-corrected chi connectivity index (χ2v) is 7.79. The van der Waals surface area contributed by atoms with Crippen LogP contribution in [0.1, 0.15) is 34.8 Å². The van der Waals surface area contributed by atoms with Crippen LogP contribution in [0.2, 0.25) is 0 Å². The van der Waals surface area contributed by atoms with Crippen molar-refractivity contribution in [2.75, 3.05) is 31.1 Å². The minimum Gasteiger partial charge on any atom is -0.365 e. The number of aryl methyl sites for hydroxylation is 3. The second kappa shape index (κ2) is 8.30. The van der Waals surface area contributed by atoms with Crippen LogP contribution in [0, 0.1) is 27.7 Å². The Morgan fingerprint density at radius 1 is 1.07 bits per heavy atom.